The van der Waals surface area contributed by atoms with Crippen LogP contribution in [0.25, 0.3) is 0 Å². The van der Waals surface area contributed by atoms with Crippen molar-refractivity contribution in [2.24, 2.45) is 5.73 Å². The second kappa shape index (κ2) is 4.57. The van der Waals surface area contributed by atoms with Crippen LogP contribution in [-0.4, -0.2) is 19.5 Å². The molecule has 3 nitrogen and oxygen atoms in total. The lowest BCUT2D eigenvalue weighted by Gasteiger charge is -2.15. The topological polar surface area (TPSA) is 46.3 Å². The van der Waals surface area contributed by atoms with Gasteiger partial charge in [0, 0.05) is 18.8 Å². The predicted octanol–water partition coefficient (Wildman–Crippen LogP) is 0.747. The number of carbonyl (C=O) groups excluding carboxylic acids is 1. The fourth-order valence-electron chi connectivity index (χ4n) is 1.01. The van der Waals surface area contributed by atoms with Crippen molar-refractivity contribution in [3.8, 4) is 0 Å². The Morgan fingerprint density at radius 2 is 2.00 bits per heavy atom. The summed E-state index contributed by atoms with van der Waals surface area (Å²) in [6, 6.07) is 5.70. The zero-order valence-electron chi connectivity index (χ0n) is 7.11. The summed E-state index contributed by atoms with van der Waals surface area (Å²) in [5.74, 6) is -0.317. The minimum Gasteiger partial charge on any atom is -0.329 e. The van der Waals surface area contributed by atoms with E-state index in [2.05, 4.69) is 0 Å². The van der Waals surface area contributed by atoms with E-state index in [1.807, 2.05) is 0 Å². The molecule has 0 aromatic heterocycles. The highest BCUT2D eigenvalue weighted by atomic mass is 19.1. The number of amides is 1. The molecule has 0 aliphatic rings. The third kappa shape index (κ3) is 2.52. The zero-order valence-corrected chi connectivity index (χ0v) is 7.11. The standard InChI is InChI=1S/C9H11FN2O/c10-8-1-3-9(4-2-8)12(7-13)6-5-11/h1-4,7H,5-6,11H2. The molecule has 1 aromatic rings. The van der Waals surface area contributed by atoms with Crippen LogP contribution in [-0.2, 0) is 4.79 Å². The van der Waals surface area contributed by atoms with Gasteiger partial charge in [0.05, 0.1) is 0 Å². The van der Waals surface area contributed by atoms with Crippen LogP contribution in [0.5, 0.6) is 0 Å². The molecule has 1 amide bonds. The number of benzene rings is 1. The smallest absolute Gasteiger partial charge is 0.214 e. The summed E-state index contributed by atoms with van der Waals surface area (Å²) in [5, 5.41) is 0. The van der Waals surface area contributed by atoms with E-state index in [-0.39, 0.29) is 5.82 Å². The fourth-order valence-corrected chi connectivity index (χ4v) is 1.01. The molecule has 4 heteroatoms. The summed E-state index contributed by atoms with van der Waals surface area (Å²) in [4.78, 5) is 12.0. The van der Waals surface area contributed by atoms with Crippen LogP contribution in [0, 0.1) is 5.82 Å². The number of anilines is 1. The number of carbonyl (C=O) groups is 1. The molecule has 0 spiro atoms. The molecule has 1 aromatic carbocycles. The average Bonchev–Trinajstić information content (AvgIpc) is 2.16. The van der Waals surface area contributed by atoms with E-state index in [9.17, 15) is 9.18 Å². The fraction of sp³-hybridized carbons (Fsp3) is 0.222. The second-order valence-corrected chi connectivity index (χ2v) is 2.56. The molecular formula is C9H11FN2O. The second-order valence-electron chi connectivity index (χ2n) is 2.56. The van der Waals surface area contributed by atoms with Gasteiger partial charge in [-0.3, -0.25) is 4.79 Å². The minimum atomic E-state index is -0.317. The largest absolute Gasteiger partial charge is 0.329 e. The van der Waals surface area contributed by atoms with Crippen molar-refractivity contribution in [3.05, 3.63) is 30.1 Å². The van der Waals surface area contributed by atoms with Gasteiger partial charge in [-0.1, -0.05) is 0 Å². The zero-order chi connectivity index (χ0) is 9.68. The van der Waals surface area contributed by atoms with Crippen LogP contribution in [0.15, 0.2) is 24.3 Å². The molecule has 0 aliphatic heterocycles. The molecule has 0 radical (unpaired) electrons. The Balaban J connectivity index is 2.79. The van der Waals surface area contributed by atoms with E-state index in [1.54, 1.807) is 12.1 Å². The van der Waals surface area contributed by atoms with Crippen LogP contribution < -0.4 is 10.6 Å². The molecule has 0 unspecified atom stereocenters. The molecule has 0 heterocycles. The lowest BCUT2D eigenvalue weighted by molar-refractivity contribution is -0.107. The highest BCUT2D eigenvalue weighted by Gasteiger charge is 2.02. The van der Waals surface area contributed by atoms with Gasteiger partial charge in [0.25, 0.3) is 0 Å². The normalized spacial score (nSPS) is 9.69. The molecule has 1 rings (SSSR count). The summed E-state index contributed by atoms with van der Waals surface area (Å²) in [6.45, 7) is 0.825. The first-order chi connectivity index (χ1) is 6.27. The first kappa shape index (κ1) is 9.67. The molecule has 2 N–H and O–H groups in total. The molecule has 0 atom stereocenters. The van der Waals surface area contributed by atoms with Crippen molar-refractivity contribution in [2.45, 2.75) is 0 Å². The van der Waals surface area contributed by atoms with E-state index in [0.29, 0.717) is 25.2 Å². The van der Waals surface area contributed by atoms with Crippen molar-refractivity contribution < 1.29 is 9.18 Å². The van der Waals surface area contributed by atoms with E-state index in [0.717, 1.165) is 0 Å². The van der Waals surface area contributed by atoms with Gasteiger partial charge in [-0.05, 0) is 24.3 Å². The lowest BCUT2D eigenvalue weighted by atomic mass is 10.3. The molecule has 0 fully saturated rings. The molecular weight excluding hydrogens is 171 g/mol. The third-order valence-electron chi connectivity index (χ3n) is 1.66. The van der Waals surface area contributed by atoms with Crippen LogP contribution in [0.4, 0.5) is 10.1 Å². The van der Waals surface area contributed by atoms with Crippen LogP contribution in [0.1, 0.15) is 0 Å². The Hall–Kier alpha value is -1.42. The minimum absolute atomic E-state index is 0.317. The number of nitrogens with two attached hydrogens (primary N) is 1. The van der Waals surface area contributed by atoms with Crippen LogP contribution in [0.2, 0.25) is 0 Å². The van der Waals surface area contributed by atoms with Crippen molar-refractivity contribution in [1.29, 1.82) is 0 Å². The first-order valence-corrected chi connectivity index (χ1v) is 3.95. The van der Waals surface area contributed by atoms with Crippen molar-refractivity contribution in [1.82, 2.24) is 0 Å². The molecule has 0 bridgehead atoms. The molecule has 0 saturated carbocycles. The molecule has 13 heavy (non-hydrogen) atoms. The van der Waals surface area contributed by atoms with Gasteiger partial charge in [0.1, 0.15) is 5.82 Å². The Morgan fingerprint density at radius 3 is 2.46 bits per heavy atom. The van der Waals surface area contributed by atoms with Gasteiger partial charge < -0.3 is 10.6 Å². The lowest BCUT2D eigenvalue weighted by Crippen LogP contribution is -2.27. The maximum absolute atomic E-state index is 12.5. The van der Waals surface area contributed by atoms with Crippen LogP contribution in [0.3, 0.4) is 0 Å². The Labute approximate surface area is 76.0 Å². The Bertz CT molecular complexity index is 273. The SMILES string of the molecule is NCCN(C=O)c1ccc(F)cc1. The number of hydrogen-bond donors (Lipinski definition) is 1. The van der Waals surface area contributed by atoms with E-state index in [1.165, 1.54) is 17.0 Å². The predicted molar refractivity (Wildman–Crippen MR) is 48.9 cm³/mol. The van der Waals surface area contributed by atoms with Crippen molar-refractivity contribution in [2.75, 3.05) is 18.0 Å². The molecule has 0 aliphatic carbocycles. The summed E-state index contributed by atoms with van der Waals surface area (Å²) < 4.78 is 12.5. The number of rotatable bonds is 4. The van der Waals surface area contributed by atoms with Crippen molar-refractivity contribution in [3.63, 3.8) is 0 Å². The summed E-state index contributed by atoms with van der Waals surface area (Å²) in [5.41, 5.74) is 5.95. The van der Waals surface area contributed by atoms with Gasteiger partial charge in [-0.2, -0.15) is 0 Å². The van der Waals surface area contributed by atoms with Crippen molar-refractivity contribution >= 4 is 12.1 Å². The Morgan fingerprint density at radius 1 is 1.38 bits per heavy atom. The van der Waals surface area contributed by atoms with E-state index in [4.69, 9.17) is 5.73 Å². The van der Waals surface area contributed by atoms with Gasteiger partial charge in [0.15, 0.2) is 0 Å². The average molecular weight is 182 g/mol. The maximum Gasteiger partial charge on any atom is 0.214 e. The highest BCUT2D eigenvalue weighted by Crippen LogP contribution is 2.12. The number of halogens is 1. The van der Waals surface area contributed by atoms with E-state index >= 15 is 0 Å². The maximum atomic E-state index is 12.5. The highest BCUT2D eigenvalue weighted by molar-refractivity contribution is 5.74. The summed E-state index contributed by atoms with van der Waals surface area (Å²) in [7, 11) is 0. The third-order valence-corrected chi connectivity index (χ3v) is 1.66. The van der Waals surface area contributed by atoms with E-state index < -0.39 is 0 Å². The summed E-state index contributed by atoms with van der Waals surface area (Å²) >= 11 is 0. The first-order valence-electron chi connectivity index (χ1n) is 3.95. The Kier molecular flexibility index (Phi) is 3.40. The number of hydrogen-bond acceptors (Lipinski definition) is 2. The van der Waals surface area contributed by atoms with Gasteiger partial charge >= 0.3 is 0 Å². The van der Waals surface area contributed by atoms with Crippen LogP contribution >= 0.6 is 0 Å². The molecule has 0 saturated heterocycles. The quantitative estimate of drug-likeness (QED) is 0.698. The van der Waals surface area contributed by atoms with Gasteiger partial charge in [0.2, 0.25) is 6.41 Å². The number of nitrogens with zero attached hydrogens (tertiary/aromatic N) is 1. The molecule has 70 valence electrons. The monoisotopic (exact) mass is 182 g/mol. The van der Waals surface area contributed by atoms with Gasteiger partial charge in [-0.25, -0.2) is 4.39 Å². The summed E-state index contributed by atoms with van der Waals surface area (Å²) in [6.07, 6.45) is 0.681. The van der Waals surface area contributed by atoms with Gasteiger partial charge in [-0.15, -0.1) is 0 Å².